The van der Waals surface area contributed by atoms with E-state index in [1.54, 1.807) is 0 Å². The molecule has 0 spiro atoms. The first-order chi connectivity index (χ1) is 9.06. The summed E-state index contributed by atoms with van der Waals surface area (Å²) >= 11 is 3.54. The summed E-state index contributed by atoms with van der Waals surface area (Å²) in [6.45, 7) is 11.0. The van der Waals surface area contributed by atoms with Crippen LogP contribution in [0.1, 0.15) is 26.3 Å². The van der Waals surface area contributed by atoms with Crippen molar-refractivity contribution >= 4 is 27.3 Å². The van der Waals surface area contributed by atoms with Gasteiger partial charge in [-0.3, -0.25) is 0 Å². The molecule has 0 unspecified atom stereocenters. The van der Waals surface area contributed by atoms with Crippen LogP contribution >= 0.6 is 15.9 Å². The van der Waals surface area contributed by atoms with Crippen molar-refractivity contribution in [3.63, 3.8) is 0 Å². The van der Waals surface area contributed by atoms with Crippen molar-refractivity contribution < 1.29 is 4.48 Å². The molecule has 2 N–H and O–H groups in total. The Morgan fingerprint density at radius 2 is 1.89 bits per heavy atom. The van der Waals surface area contributed by atoms with E-state index in [2.05, 4.69) is 52.9 Å². The predicted octanol–water partition coefficient (Wildman–Crippen LogP) is 2.45. The topological polar surface area (TPSA) is 56.2 Å². The molecule has 0 aliphatic rings. The molecule has 0 saturated carbocycles. The van der Waals surface area contributed by atoms with E-state index in [9.17, 15) is 0 Å². The van der Waals surface area contributed by atoms with Gasteiger partial charge in [-0.2, -0.15) is 5.10 Å². The highest BCUT2D eigenvalue weighted by Gasteiger charge is 2.24. The number of aromatic nitrogens is 3. The Hall–Kier alpha value is -1.14. The summed E-state index contributed by atoms with van der Waals surface area (Å²) in [7, 11) is 0. The Morgan fingerprint density at radius 1 is 1.26 bits per heavy atom. The highest BCUT2D eigenvalue weighted by Crippen LogP contribution is 2.27. The van der Waals surface area contributed by atoms with E-state index in [1.807, 2.05) is 4.52 Å². The molecule has 0 aliphatic heterocycles. The van der Waals surface area contributed by atoms with Crippen molar-refractivity contribution in [2.45, 2.75) is 27.3 Å². The number of nitrogens with zero attached hydrogens (tertiary/aromatic N) is 4. The Bertz CT molecular complexity index is 565. The Morgan fingerprint density at radius 3 is 2.47 bits per heavy atom. The van der Waals surface area contributed by atoms with E-state index in [0.717, 1.165) is 40.8 Å². The molecular formula is C13H21BrN5+. The number of fused-ring (bicyclic) bond motifs is 1. The van der Waals surface area contributed by atoms with Crippen molar-refractivity contribution in [1.82, 2.24) is 14.6 Å². The van der Waals surface area contributed by atoms with Gasteiger partial charge < -0.3 is 10.2 Å². The highest BCUT2D eigenvalue weighted by atomic mass is 79.9. The van der Waals surface area contributed by atoms with Crippen LogP contribution in [0, 0.1) is 0 Å². The second kappa shape index (κ2) is 5.46. The van der Waals surface area contributed by atoms with Crippen LogP contribution in [0.3, 0.4) is 0 Å². The third-order valence-electron chi connectivity index (χ3n) is 4.14. The number of hydrogen-bond acceptors (Lipinski definition) is 3. The molecule has 0 aliphatic carbocycles. The molecule has 19 heavy (non-hydrogen) atoms. The molecule has 0 aromatic carbocycles. The monoisotopic (exact) mass is 326 g/mol. The largest absolute Gasteiger partial charge is 0.382 e. The van der Waals surface area contributed by atoms with Gasteiger partial charge in [-0.25, -0.2) is 9.50 Å². The zero-order valence-electron chi connectivity index (χ0n) is 11.7. The molecule has 104 valence electrons. The third-order valence-corrected chi connectivity index (χ3v) is 4.70. The fraction of sp³-hybridized carbons (Fsp3) is 0.538. The lowest BCUT2D eigenvalue weighted by Gasteiger charge is -2.35. The van der Waals surface area contributed by atoms with Crippen LogP contribution in [0.15, 0.2) is 17.0 Å². The predicted molar refractivity (Wildman–Crippen MR) is 80.7 cm³/mol. The summed E-state index contributed by atoms with van der Waals surface area (Å²) < 4.78 is 3.78. The molecule has 0 radical (unpaired) electrons. The molecule has 6 heteroatoms. The van der Waals surface area contributed by atoms with Crippen molar-refractivity contribution in [2.24, 2.45) is 0 Å². The summed E-state index contributed by atoms with van der Waals surface area (Å²) in [6, 6.07) is 2.11. The molecule has 5 nitrogen and oxygen atoms in total. The first-order valence-electron chi connectivity index (χ1n) is 6.68. The van der Waals surface area contributed by atoms with Gasteiger partial charge in [0.2, 0.25) is 0 Å². The average molecular weight is 327 g/mol. The number of nitrogen functional groups attached to an aromatic ring is 1. The molecule has 2 rings (SSSR count). The number of anilines is 1. The van der Waals surface area contributed by atoms with Crippen molar-refractivity contribution in [2.75, 3.05) is 25.4 Å². The molecule has 0 atom stereocenters. The summed E-state index contributed by atoms with van der Waals surface area (Å²) in [5.41, 5.74) is 8.14. The Kier molecular flexibility index (Phi) is 4.10. The lowest BCUT2D eigenvalue weighted by molar-refractivity contribution is -0.936. The Labute approximate surface area is 122 Å². The van der Waals surface area contributed by atoms with Crippen LogP contribution in [0.4, 0.5) is 5.82 Å². The molecule has 2 aromatic rings. The summed E-state index contributed by atoms with van der Waals surface area (Å²) in [5.74, 6) is 0.539. The van der Waals surface area contributed by atoms with Crippen LogP contribution in [-0.2, 0) is 6.54 Å². The first kappa shape index (κ1) is 14.3. The summed E-state index contributed by atoms with van der Waals surface area (Å²) in [6.07, 6.45) is 1.48. The minimum atomic E-state index is 0.539. The van der Waals surface area contributed by atoms with E-state index < -0.39 is 0 Å². The van der Waals surface area contributed by atoms with E-state index in [-0.39, 0.29) is 0 Å². The van der Waals surface area contributed by atoms with Crippen LogP contribution in [-0.4, -0.2) is 38.7 Å². The number of hydrogen-bond donors (Lipinski definition) is 1. The second-order valence-electron chi connectivity index (χ2n) is 4.85. The molecule has 0 bridgehead atoms. The van der Waals surface area contributed by atoms with Crippen LogP contribution in [0.5, 0.6) is 0 Å². The zero-order valence-corrected chi connectivity index (χ0v) is 13.3. The number of rotatable bonds is 5. The first-order valence-corrected chi connectivity index (χ1v) is 7.48. The Balaban J connectivity index is 2.52. The fourth-order valence-corrected chi connectivity index (χ4v) is 3.14. The van der Waals surface area contributed by atoms with Crippen LogP contribution < -0.4 is 5.73 Å². The van der Waals surface area contributed by atoms with Gasteiger partial charge in [0.05, 0.1) is 19.6 Å². The van der Waals surface area contributed by atoms with Gasteiger partial charge in [0, 0.05) is 5.56 Å². The zero-order chi connectivity index (χ0) is 14.0. The van der Waals surface area contributed by atoms with Crippen LogP contribution in [0.2, 0.25) is 0 Å². The fourth-order valence-electron chi connectivity index (χ4n) is 2.59. The number of quaternary nitrogens is 1. The van der Waals surface area contributed by atoms with Gasteiger partial charge in [-0.1, -0.05) is 0 Å². The van der Waals surface area contributed by atoms with E-state index >= 15 is 0 Å². The highest BCUT2D eigenvalue weighted by molar-refractivity contribution is 9.10. The van der Waals surface area contributed by atoms with E-state index in [1.165, 1.54) is 11.9 Å². The maximum absolute atomic E-state index is 6.01. The molecule has 0 saturated heterocycles. The maximum Gasteiger partial charge on any atom is 0.151 e. The molecule has 0 fully saturated rings. The number of nitrogens with two attached hydrogens (primary N) is 1. The standard InChI is InChI=1S/C13H21BrN5/c1-4-19(5-2,6-3)8-10-7-11(14)18-12(10)13(15)16-9-17-18/h7,9H,4-6,8H2,1-3H3,(H2,15,16,17)/q+1. The van der Waals surface area contributed by atoms with Gasteiger partial charge in [-0.05, 0) is 42.8 Å². The maximum atomic E-state index is 6.01. The molecule has 2 aromatic heterocycles. The number of halogens is 1. The van der Waals surface area contributed by atoms with E-state index in [0.29, 0.717) is 5.82 Å². The van der Waals surface area contributed by atoms with Gasteiger partial charge in [0.15, 0.2) is 5.82 Å². The van der Waals surface area contributed by atoms with Gasteiger partial charge in [0.25, 0.3) is 0 Å². The molecule has 2 heterocycles. The molecular weight excluding hydrogens is 306 g/mol. The van der Waals surface area contributed by atoms with Crippen molar-refractivity contribution in [3.05, 3.63) is 22.6 Å². The van der Waals surface area contributed by atoms with Gasteiger partial charge in [-0.15, -0.1) is 0 Å². The summed E-state index contributed by atoms with van der Waals surface area (Å²) in [5, 5.41) is 4.24. The van der Waals surface area contributed by atoms with Crippen molar-refractivity contribution in [1.29, 1.82) is 0 Å². The van der Waals surface area contributed by atoms with E-state index in [4.69, 9.17) is 5.73 Å². The smallest absolute Gasteiger partial charge is 0.151 e. The average Bonchev–Trinajstić information content (AvgIpc) is 2.74. The third kappa shape index (κ3) is 2.47. The second-order valence-corrected chi connectivity index (χ2v) is 5.66. The van der Waals surface area contributed by atoms with Crippen molar-refractivity contribution in [3.8, 4) is 0 Å². The van der Waals surface area contributed by atoms with Gasteiger partial charge in [0.1, 0.15) is 23.0 Å². The molecule has 0 amide bonds. The minimum Gasteiger partial charge on any atom is -0.382 e. The lowest BCUT2D eigenvalue weighted by Crippen LogP contribution is -2.46. The quantitative estimate of drug-likeness (QED) is 0.858. The van der Waals surface area contributed by atoms with Gasteiger partial charge >= 0.3 is 0 Å². The lowest BCUT2D eigenvalue weighted by atomic mass is 10.2. The van der Waals surface area contributed by atoms with Crippen LogP contribution in [0.25, 0.3) is 5.52 Å². The SMILES string of the molecule is CC[N+](CC)(CC)Cc1cc(Br)n2ncnc(N)c12. The normalized spacial score (nSPS) is 12.2. The minimum absolute atomic E-state index is 0.539. The summed E-state index contributed by atoms with van der Waals surface area (Å²) in [4.78, 5) is 4.11.